The molecule has 0 saturated heterocycles. The molecule has 0 fully saturated rings. The van der Waals surface area contributed by atoms with Crippen LogP contribution in [0.4, 0.5) is 5.82 Å². The summed E-state index contributed by atoms with van der Waals surface area (Å²) in [5.74, 6) is 0.412. The van der Waals surface area contributed by atoms with Crippen LogP contribution in [0.5, 0.6) is 11.8 Å². The van der Waals surface area contributed by atoms with Gasteiger partial charge in [-0.1, -0.05) is 17.7 Å². The molecule has 0 saturated carbocycles. The fourth-order valence-electron chi connectivity index (χ4n) is 2.29. The van der Waals surface area contributed by atoms with Crippen LogP contribution in [0.1, 0.15) is 11.1 Å². The molecule has 28 heavy (non-hydrogen) atoms. The number of aromatic nitrogens is 3. The summed E-state index contributed by atoms with van der Waals surface area (Å²) in [5.41, 5.74) is 1.64. The highest BCUT2D eigenvalue weighted by Gasteiger charge is 2.19. The van der Waals surface area contributed by atoms with Crippen molar-refractivity contribution in [3.8, 4) is 11.8 Å². The van der Waals surface area contributed by atoms with Crippen LogP contribution < -0.4 is 14.2 Å². The zero-order chi connectivity index (χ0) is 20.1. The van der Waals surface area contributed by atoms with Crippen molar-refractivity contribution in [1.29, 1.82) is 0 Å². The Kier molecular flexibility index (Phi) is 6.10. The van der Waals surface area contributed by atoms with E-state index >= 15 is 0 Å². The Labute approximate surface area is 171 Å². The van der Waals surface area contributed by atoms with E-state index in [0.717, 1.165) is 5.56 Å². The normalized spacial score (nSPS) is 11.1. The highest BCUT2D eigenvalue weighted by atomic mass is 79.9. The van der Waals surface area contributed by atoms with Gasteiger partial charge in [-0.3, -0.25) is 4.72 Å². The van der Waals surface area contributed by atoms with Crippen LogP contribution in [0.2, 0.25) is 0 Å². The Morgan fingerprint density at radius 3 is 2.57 bits per heavy atom. The molecular formula is C18H17BrN4O4S. The van der Waals surface area contributed by atoms with Gasteiger partial charge in [-0.15, -0.1) is 0 Å². The number of sulfonamides is 1. The molecule has 3 rings (SSSR count). The number of ether oxygens (including phenoxy) is 2. The van der Waals surface area contributed by atoms with E-state index in [4.69, 9.17) is 9.47 Å². The minimum Gasteiger partial charge on any atom is -0.481 e. The quantitative estimate of drug-likeness (QED) is 0.571. The molecule has 0 bridgehead atoms. The van der Waals surface area contributed by atoms with Crippen LogP contribution in [-0.2, 0) is 16.6 Å². The summed E-state index contributed by atoms with van der Waals surface area (Å²) < 4.78 is 39.0. The largest absolute Gasteiger partial charge is 0.481 e. The number of aryl methyl sites for hydroxylation is 1. The first-order chi connectivity index (χ1) is 13.4. The predicted octanol–water partition coefficient (Wildman–Crippen LogP) is 3.33. The number of benzene rings is 1. The summed E-state index contributed by atoms with van der Waals surface area (Å²) in [6.07, 6.45) is 2.98. The zero-order valence-electron chi connectivity index (χ0n) is 15.1. The molecule has 2 aromatic heterocycles. The van der Waals surface area contributed by atoms with Crippen molar-refractivity contribution in [1.82, 2.24) is 15.0 Å². The summed E-state index contributed by atoms with van der Waals surface area (Å²) in [7, 11) is -2.34. The standard InChI is InChI=1S/C18H17BrN4O4S/c1-12-5-7-14(8-6-12)28(24,25)23-16-18(22-15(19)10-21-16)27-11-13-4-3-9-20-17(13)26-2/h3-10H,11H2,1-2H3,(H,21,23). The van der Waals surface area contributed by atoms with E-state index in [1.165, 1.54) is 25.4 Å². The van der Waals surface area contributed by atoms with Gasteiger partial charge in [0.05, 0.1) is 23.8 Å². The van der Waals surface area contributed by atoms with E-state index < -0.39 is 10.0 Å². The molecule has 0 aliphatic rings. The molecule has 0 amide bonds. The van der Waals surface area contributed by atoms with Gasteiger partial charge in [-0.05, 0) is 47.1 Å². The first kappa shape index (κ1) is 20.0. The van der Waals surface area contributed by atoms with Crippen molar-refractivity contribution in [2.45, 2.75) is 18.4 Å². The topological polar surface area (TPSA) is 103 Å². The minimum absolute atomic E-state index is 0.0216. The van der Waals surface area contributed by atoms with E-state index in [0.29, 0.717) is 16.0 Å². The number of halogens is 1. The fourth-order valence-corrected chi connectivity index (χ4v) is 3.56. The lowest BCUT2D eigenvalue weighted by atomic mass is 10.2. The van der Waals surface area contributed by atoms with Gasteiger partial charge >= 0.3 is 0 Å². The third-order valence-corrected chi connectivity index (χ3v) is 5.42. The molecule has 1 aromatic carbocycles. The van der Waals surface area contributed by atoms with Crippen LogP contribution in [0, 0.1) is 6.92 Å². The van der Waals surface area contributed by atoms with Crippen LogP contribution >= 0.6 is 15.9 Å². The van der Waals surface area contributed by atoms with Gasteiger partial charge in [0.25, 0.3) is 15.9 Å². The maximum Gasteiger partial charge on any atom is 0.263 e. The lowest BCUT2D eigenvalue weighted by molar-refractivity contribution is 0.283. The average molecular weight is 465 g/mol. The van der Waals surface area contributed by atoms with E-state index in [1.54, 1.807) is 30.5 Å². The molecule has 0 atom stereocenters. The number of rotatable bonds is 7. The molecule has 8 nitrogen and oxygen atoms in total. The number of nitrogens with zero attached hydrogens (tertiary/aromatic N) is 3. The summed E-state index contributed by atoms with van der Waals surface area (Å²) >= 11 is 3.22. The highest BCUT2D eigenvalue weighted by Crippen LogP contribution is 2.26. The summed E-state index contributed by atoms with van der Waals surface area (Å²) in [6.45, 7) is 1.95. The van der Waals surface area contributed by atoms with Gasteiger partial charge in [-0.2, -0.15) is 0 Å². The monoisotopic (exact) mass is 464 g/mol. The smallest absolute Gasteiger partial charge is 0.263 e. The number of anilines is 1. The molecule has 0 spiro atoms. The number of methoxy groups -OCH3 is 1. The van der Waals surface area contributed by atoms with Crippen molar-refractivity contribution < 1.29 is 17.9 Å². The van der Waals surface area contributed by atoms with Gasteiger partial charge in [0.2, 0.25) is 11.7 Å². The van der Waals surface area contributed by atoms with E-state index in [2.05, 4.69) is 35.6 Å². The number of hydrogen-bond acceptors (Lipinski definition) is 7. The first-order valence-corrected chi connectivity index (χ1v) is 10.4. The second-order valence-electron chi connectivity index (χ2n) is 5.73. The molecule has 146 valence electrons. The second-order valence-corrected chi connectivity index (χ2v) is 8.22. The minimum atomic E-state index is -3.85. The van der Waals surface area contributed by atoms with Crippen LogP contribution in [0.3, 0.4) is 0 Å². The summed E-state index contributed by atoms with van der Waals surface area (Å²) in [5, 5.41) is 0. The molecule has 1 N–H and O–H groups in total. The SMILES string of the molecule is COc1ncccc1COc1nc(Br)cnc1NS(=O)(=O)c1ccc(C)cc1. The highest BCUT2D eigenvalue weighted by molar-refractivity contribution is 9.10. The predicted molar refractivity (Wildman–Crippen MR) is 107 cm³/mol. The van der Waals surface area contributed by atoms with E-state index in [-0.39, 0.29) is 23.2 Å². The Morgan fingerprint density at radius 2 is 1.86 bits per heavy atom. The maximum atomic E-state index is 12.6. The third kappa shape index (κ3) is 4.76. The number of nitrogens with one attached hydrogen (secondary N) is 1. The summed E-state index contributed by atoms with van der Waals surface area (Å²) in [4.78, 5) is 12.5. The van der Waals surface area contributed by atoms with Crippen molar-refractivity contribution in [3.05, 3.63) is 64.5 Å². The van der Waals surface area contributed by atoms with E-state index in [1.807, 2.05) is 6.92 Å². The first-order valence-electron chi connectivity index (χ1n) is 8.12. The van der Waals surface area contributed by atoms with E-state index in [9.17, 15) is 8.42 Å². The molecule has 3 aromatic rings. The van der Waals surface area contributed by atoms with Crippen molar-refractivity contribution in [2.24, 2.45) is 0 Å². The maximum absolute atomic E-state index is 12.6. The molecule has 2 heterocycles. The molecular weight excluding hydrogens is 448 g/mol. The van der Waals surface area contributed by atoms with Gasteiger partial charge < -0.3 is 9.47 Å². The third-order valence-electron chi connectivity index (χ3n) is 3.68. The van der Waals surface area contributed by atoms with Gasteiger partial charge in [-0.25, -0.2) is 23.4 Å². The summed E-state index contributed by atoms with van der Waals surface area (Å²) in [6, 6.07) is 10.0. The lowest BCUT2D eigenvalue weighted by Crippen LogP contribution is -2.15. The molecule has 0 unspecified atom stereocenters. The van der Waals surface area contributed by atoms with Gasteiger partial charge in [0, 0.05) is 6.20 Å². The molecule has 10 heteroatoms. The van der Waals surface area contributed by atoms with Crippen molar-refractivity contribution in [2.75, 3.05) is 11.8 Å². The Bertz CT molecular complexity index is 1080. The Hall–Kier alpha value is -2.72. The van der Waals surface area contributed by atoms with Crippen molar-refractivity contribution >= 4 is 31.8 Å². The van der Waals surface area contributed by atoms with Crippen molar-refractivity contribution in [3.63, 3.8) is 0 Å². The Balaban J connectivity index is 1.85. The van der Waals surface area contributed by atoms with Gasteiger partial charge in [0.1, 0.15) is 11.2 Å². The van der Waals surface area contributed by atoms with Crippen LogP contribution in [0.25, 0.3) is 0 Å². The average Bonchev–Trinajstić information content (AvgIpc) is 2.68. The number of hydrogen-bond donors (Lipinski definition) is 1. The van der Waals surface area contributed by atoms with Crippen LogP contribution in [-0.4, -0.2) is 30.5 Å². The molecule has 0 aliphatic heterocycles. The molecule has 0 aliphatic carbocycles. The molecule has 0 radical (unpaired) electrons. The zero-order valence-corrected chi connectivity index (χ0v) is 17.5. The van der Waals surface area contributed by atoms with Gasteiger partial charge in [0.15, 0.2) is 0 Å². The number of pyridine rings is 1. The van der Waals surface area contributed by atoms with Crippen LogP contribution in [0.15, 0.2) is 58.3 Å². The Morgan fingerprint density at radius 1 is 1.11 bits per heavy atom. The fraction of sp³-hybridized carbons (Fsp3) is 0.167. The lowest BCUT2D eigenvalue weighted by Gasteiger charge is -2.13. The second kappa shape index (κ2) is 8.53.